The number of aromatic nitrogens is 1. The van der Waals surface area contributed by atoms with E-state index in [2.05, 4.69) is 4.98 Å². The van der Waals surface area contributed by atoms with E-state index < -0.39 is 10.0 Å². The maximum Gasteiger partial charge on any atom is 0.265 e. The lowest BCUT2D eigenvalue weighted by atomic mass is 10.2. The standard InChI is InChI=1S/C22H23N3O4S2/c1-16-20(30-21(23-16)17-6-4-3-5-7-17)22(26)24-12-14-25(15-13-24)31(27,28)19-10-8-18(29-2)9-11-19/h3-11H,12-15H2,1-2H3. The minimum Gasteiger partial charge on any atom is -0.497 e. The molecule has 0 N–H and O–H groups in total. The number of amides is 1. The molecule has 3 aromatic rings. The van der Waals surface area contributed by atoms with Crippen molar-refractivity contribution in [1.82, 2.24) is 14.2 Å². The Balaban J connectivity index is 1.45. The van der Waals surface area contributed by atoms with E-state index in [0.29, 0.717) is 29.4 Å². The highest BCUT2D eigenvalue weighted by Crippen LogP contribution is 2.29. The molecule has 162 valence electrons. The molecule has 0 bridgehead atoms. The van der Waals surface area contributed by atoms with Crippen molar-refractivity contribution in [3.63, 3.8) is 0 Å². The largest absolute Gasteiger partial charge is 0.497 e. The van der Waals surface area contributed by atoms with Gasteiger partial charge in [0.2, 0.25) is 10.0 Å². The lowest BCUT2D eigenvalue weighted by molar-refractivity contribution is 0.0702. The Labute approximate surface area is 186 Å². The number of methoxy groups -OCH3 is 1. The third kappa shape index (κ3) is 4.34. The molecule has 2 heterocycles. The molecule has 0 radical (unpaired) electrons. The number of hydrogen-bond donors (Lipinski definition) is 0. The van der Waals surface area contributed by atoms with Crippen LogP contribution in [0.15, 0.2) is 59.5 Å². The maximum atomic E-state index is 13.1. The second-order valence-electron chi connectivity index (χ2n) is 7.17. The number of ether oxygens (including phenoxy) is 1. The molecule has 1 aliphatic rings. The molecule has 0 saturated carbocycles. The Morgan fingerprint density at radius 3 is 2.26 bits per heavy atom. The average molecular weight is 458 g/mol. The normalized spacial score (nSPS) is 15.1. The molecule has 0 unspecified atom stereocenters. The molecular weight excluding hydrogens is 434 g/mol. The predicted molar refractivity (Wildman–Crippen MR) is 120 cm³/mol. The molecule has 1 aliphatic heterocycles. The average Bonchev–Trinajstić information content (AvgIpc) is 3.21. The summed E-state index contributed by atoms with van der Waals surface area (Å²) in [6, 6.07) is 16.1. The van der Waals surface area contributed by atoms with Crippen molar-refractivity contribution in [3.05, 3.63) is 65.2 Å². The fourth-order valence-corrected chi connectivity index (χ4v) is 5.93. The number of carbonyl (C=O) groups is 1. The number of thiazole rings is 1. The molecule has 0 atom stereocenters. The predicted octanol–water partition coefficient (Wildman–Crippen LogP) is 3.27. The van der Waals surface area contributed by atoms with Crippen molar-refractivity contribution in [1.29, 1.82) is 0 Å². The van der Waals surface area contributed by atoms with Crippen LogP contribution >= 0.6 is 11.3 Å². The van der Waals surface area contributed by atoms with Crippen LogP contribution in [0.2, 0.25) is 0 Å². The first kappa shape index (κ1) is 21.5. The van der Waals surface area contributed by atoms with Crippen molar-refractivity contribution >= 4 is 27.3 Å². The van der Waals surface area contributed by atoms with E-state index in [4.69, 9.17) is 4.74 Å². The minimum atomic E-state index is -3.61. The van der Waals surface area contributed by atoms with E-state index >= 15 is 0 Å². The lowest BCUT2D eigenvalue weighted by Gasteiger charge is -2.33. The molecule has 1 aromatic heterocycles. The summed E-state index contributed by atoms with van der Waals surface area (Å²) in [4.78, 5) is 20.2. The number of benzene rings is 2. The number of rotatable bonds is 5. The number of carbonyl (C=O) groups excluding carboxylic acids is 1. The van der Waals surface area contributed by atoms with Crippen LogP contribution in [0, 0.1) is 6.92 Å². The molecule has 1 fully saturated rings. The topological polar surface area (TPSA) is 79.8 Å². The van der Waals surface area contributed by atoms with Gasteiger partial charge in [-0.2, -0.15) is 4.31 Å². The van der Waals surface area contributed by atoms with Crippen LogP contribution in [0.1, 0.15) is 15.4 Å². The Hall–Kier alpha value is -2.75. The molecular formula is C22H23N3O4S2. The van der Waals surface area contributed by atoms with Gasteiger partial charge in [-0.05, 0) is 31.2 Å². The minimum absolute atomic E-state index is 0.0984. The highest BCUT2D eigenvalue weighted by atomic mass is 32.2. The van der Waals surface area contributed by atoms with Gasteiger partial charge in [-0.3, -0.25) is 4.79 Å². The highest BCUT2D eigenvalue weighted by molar-refractivity contribution is 7.89. The van der Waals surface area contributed by atoms with E-state index in [1.807, 2.05) is 37.3 Å². The molecule has 4 rings (SSSR count). The second kappa shape index (κ2) is 8.78. The summed E-state index contributed by atoms with van der Waals surface area (Å²) < 4.78 is 32.4. The zero-order chi connectivity index (χ0) is 22.0. The summed E-state index contributed by atoms with van der Waals surface area (Å²) in [6.45, 7) is 3.02. The molecule has 9 heteroatoms. The number of nitrogens with zero attached hydrogens (tertiary/aromatic N) is 3. The lowest BCUT2D eigenvalue weighted by Crippen LogP contribution is -2.50. The number of hydrogen-bond acceptors (Lipinski definition) is 6. The summed E-state index contributed by atoms with van der Waals surface area (Å²) in [5.41, 5.74) is 1.67. The van der Waals surface area contributed by atoms with Crippen LogP contribution in [0.5, 0.6) is 5.75 Å². The molecule has 0 aliphatic carbocycles. The van der Waals surface area contributed by atoms with E-state index in [0.717, 1.165) is 10.6 Å². The van der Waals surface area contributed by atoms with Crippen LogP contribution in [0.3, 0.4) is 0 Å². The van der Waals surface area contributed by atoms with Crippen LogP contribution in [-0.4, -0.2) is 61.8 Å². The van der Waals surface area contributed by atoms with Gasteiger partial charge in [0.05, 0.1) is 17.7 Å². The van der Waals surface area contributed by atoms with Crippen LogP contribution in [-0.2, 0) is 10.0 Å². The van der Waals surface area contributed by atoms with Gasteiger partial charge in [-0.1, -0.05) is 30.3 Å². The van der Waals surface area contributed by atoms with Gasteiger partial charge in [0.1, 0.15) is 15.6 Å². The molecule has 2 aromatic carbocycles. The molecule has 1 amide bonds. The molecule has 31 heavy (non-hydrogen) atoms. The van der Waals surface area contributed by atoms with Gasteiger partial charge in [0, 0.05) is 31.7 Å². The van der Waals surface area contributed by atoms with E-state index in [9.17, 15) is 13.2 Å². The fourth-order valence-electron chi connectivity index (χ4n) is 3.47. The van der Waals surface area contributed by atoms with Gasteiger partial charge in [-0.15, -0.1) is 11.3 Å². The van der Waals surface area contributed by atoms with E-state index in [1.54, 1.807) is 17.0 Å². The van der Waals surface area contributed by atoms with Gasteiger partial charge < -0.3 is 9.64 Å². The van der Waals surface area contributed by atoms with Gasteiger partial charge in [0.15, 0.2) is 0 Å². The van der Waals surface area contributed by atoms with Crippen molar-refractivity contribution in [3.8, 4) is 16.3 Å². The maximum absolute atomic E-state index is 13.1. The van der Waals surface area contributed by atoms with Crippen LogP contribution in [0.4, 0.5) is 0 Å². The monoisotopic (exact) mass is 457 g/mol. The Morgan fingerprint density at radius 2 is 1.65 bits per heavy atom. The fraction of sp³-hybridized carbons (Fsp3) is 0.273. The SMILES string of the molecule is COc1ccc(S(=O)(=O)N2CCN(C(=O)c3sc(-c4ccccc4)nc3C)CC2)cc1. The van der Waals surface area contributed by atoms with Crippen molar-refractivity contribution < 1.29 is 17.9 Å². The van der Waals surface area contributed by atoms with Crippen molar-refractivity contribution in [2.24, 2.45) is 0 Å². The summed E-state index contributed by atoms with van der Waals surface area (Å²) in [5, 5.41) is 0.808. The van der Waals surface area contributed by atoms with Crippen LogP contribution in [0.25, 0.3) is 10.6 Å². The molecule has 7 nitrogen and oxygen atoms in total. The highest BCUT2D eigenvalue weighted by Gasteiger charge is 2.31. The Bertz CT molecular complexity index is 1170. The first-order chi connectivity index (χ1) is 14.9. The summed E-state index contributed by atoms with van der Waals surface area (Å²) in [6.07, 6.45) is 0. The summed E-state index contributed by atoms with van der Waals surface area (Å²) in [5.74, 6) is 0.503. The second-order valence-corrected chi connectivity index (χ2v) is 10.1. The smallest absolute Gasteiger partial charge is 0.265 e. The van der Waals surface area contributed by atoms with Gasteiger partial charge >= 0.3 is 0 Å². The van der Waals surface area contributed by atoms with Gasteiger partial charge in [0.25, 0.3) is 5.91 Å². The third-order valence-electron chi connectivity index (χ3n) is 5.23. The first-order valence-electron chi connectivity index (χ1n) is 9.86. The molecule has 1 saturated heterocycles. The van der Waals surface area contributed by atoms with E-state index in [1.165, 1.54) is 34.9 Å². The Morgan fingerprint density at radius 1 is 1.00 bits per heavy atom. The summed E-state index contributed by atoms with van der Waals surface area (Å²) in [7, 11) is -2.08. The number of aryl methyl sites for hydroxylation is 1. The zero-order valence-electron chi connectivity index (χ0n) is 17.3. The quantitative estimate of drug-likeness (QED) is 0.588. The van der Waals surface area contributed by atoms with Crippen molar-refractivity contribution in [2.45, 2.75) is 11.8 Å². The molecule has 0 spiro atoms. The zero-order valence-corrected chi connectivity index (χ0v) is 18.9. The van der Waals surface area contributed by atoms with Crippen molar-refractivity contribution in [2.75, 3.05) is 33.3 Å². The number of piperazine rings is 1. The third-order valence-corrected chi connectivity index (χ3v) is 8.34. The van der Waals surface area contributed by atoms with Crippen LogP contribution < -0.4 is 4.74 Å². The van der Waals surface area contributed by atoms with Gasteiger partial charge in [-0.25, -0.2) is 13.4 Å². The Kier molecular flexibility index (Phi) is 6.08. The first-order valence-corrected chi connectivity index (χ1v) is 12.1. The van der Waals surface area contributed by atoms with E-state index in [-0.39, 0.29) is 23.9 Å². The number of sulfonamides is 1. The summed E-state index contributed by atoms with van der Waals surface area (Å²) >= 11 is 1.37.